The van der Waals surface area contributed by atoms with Crippen LogP contribution in [0.15, 0.2) is 24.3 Å². The van der Waals surface area contributed by atoms with E-state index >= 15 is 0 Å². The van der Waals surface area contributed by atoms with E-state index in [2.05, 4.69) is 9.97 Å². The number of carbonyl (C=O) groups is 1. The van der Waals surface area contributed by atoms with E-state index in [0.29, 0.717) is 17.6 Å². The van der Waals surface area contributed by atoms with Crippen LogP contribution in [0.1, 0.15) is 38.3 Å². The van der Waals surface area contributed by atoms with Gasteiger partial charge < -0.3 is 9.47 Å². The number of unbranched alkanes of at least 4 members (excludes halogenated alkanes) is 1. The molecule has 0 saturated carbocycles. The third-order valence-corrected chi connectivity index (χ3v) is 3.23. The van der Waals surface area contributed by atoms with Crippen LogP contribution < -0.4 is 4.74 Å². The number of nitrogens with zero attached hydrogens (tertiary/aromatic N) is 3. The number of esters is 1. The van der Waals surface area contributed by atoms with Crippen LogP contribution in [0.4, 0.5) is 0 Å². The summed E-state index contributed by atoms with van der Waals surface area (Å²) in [5.41, 5.74) is 1.47. The molecule has 6 heteroatoms. The highest BCUT2D eigenvalue weighted by Gasteiger charge is 2.28. The highest BCUT2D eigenvalue weighted by atomic mass is 16.5. The zero-order valence-electron chi connectivity index (χ0n) is 13.3. The van der Waals surface area contributed by atoms with Crippen molar-refractivity contribution in [2.45, 2.75) is 32.6 Å². The van der Waals surface area contributed by atoms with Crippen LogP contribution in [0.25, 0.3) is 11.0 Å². The number of hydrogen-bond donors (Lipinski definition) is 0. The molecule has 0 unspecified atom stereocenters. The third-order valence-electron chi connectivity index (χ3n) is 3.23. The van der Waals surface area contributed by atoms with Crippen molar-refractivity contribution in [2.24, 2.45) is 0 Å². The number of rotatable bonds is 7. The van der Waals surface area contributed by atoms with Gasteiger partial charge in [-0.3, -0.25) is 4.79 Å². The maximum Gasteiger partial charge on any atom is 0.329 e. The van der Waals surface area contributed by atoms with Gasteiger partial charge in [0.05, 0.1) is 30.3 Å². The van der Waals surface area contributed by atoms with E-state index < -0.39 is 11.9 Å². The fourth-order valence-electron chi connectivity index (χ4n) is 2.06. The second kappa shape index (κ2) is 8.08. The van der Waals surface area contributed by atoms with Crippen molar-refractivity contribution >= 4 is 17.0 Å². The highest BCUT2D eigenvalue weighted by molar-refractivity contribution is 5.83. The van der Waals surface area contributed by atoms with Gasteiger partial charge in [-0.2, -0.15) is 5.26 Å². The van der Waals surface area contributed by atoms with E-state index in [9.17, 15) is 10.1 Å². The zero-order valence-corrected chi connectivity index (χ0v) is 13.3. The summed E-state index contributed by atoms with van der Waals surface area (Å²) in [6.45, 7) is 4.39. The molecule has 23 heavy (non-hydrogen) atoms. The Morgan fingerprint density at radius 2 is 1.96 bits per heavy atom. The van der Waals surface area contributed by atoms with E-state index in [-0.39, 0.29) is 18.2 Å². The minimum absolute atomic E-state index is 0.198. The predicted octanol–water partition coefficient (Wildman–Crippen LogP) is 2.98. The molecule has 0 amide bonds. The summed E-state index contributed by atoms with van der Waals surface area (Å²) in [5.74, 6) is -1.57. The van der Waals surface area contributed by atoms with E-state index in [1.54, 1.807) is 13.0 Å². The molecule has 2 rings (SSSR count). The lowest BCUT2D eigenvalue weighted by atomic mass is 10.1. The molecule has 2 aromatic rings. The monoisotopic (exact) mass is 313 g/mol. The van der Waals surface area contributed by atoms with Crippen LogP contribution in [-0.4, -0.2) is 29.2 Å². The first-order valence-electron chi connectivity index (χ1n) is 7.67. The van der Waals surface area contributed by atoms with Crippen LogP contribution >= 0.6 is 0 Å². The Labute approximate surface area is 135 Å². The summed E-state index contributed by atoms with van der Waals surface area (Å²) in [7, 11) is 0. The second-order valence-electron chi connectivity index (χ2n) is 4.92. The Kier molecular flexibility index (Phi) is 5.87. The van der Waals surface area contributed by atoms with Crippen LogP contribution in [-0.2, 0) is 9.53 Å². The molecule has 0 aliphatic heterocycles. The van der Waals surface area contributed by atoms with Crippen molar-refractivity contribution in [1.29, 1.82) is 5.26 Å². The normalized spacial score (nSPS) is 11.7. The summed E-state index contributed by atoms with van der Waals surface area (Å²) in [6.07, 6.45) is 1.82. The van der Waals surface area contributed by atoms with Crippen LogP contribution in [0.3, 0.4) is 0 Å². The average molecular weight is 313 g/mol. The third kappa shape index (κ3) is 3.95. The number of hydrogen-bond acceptors (Lipinski definition) is 6. The Bertz CT molecular complexity index is 725. The molecule has 0 aliphatic rings. The lowest BCUT2D eigenvalue weighted by molar-refractivity contribution is -0.143. The summed E-state index contributed by atoms with van der Waals surface area (Å²) in [6, 6.07) is 9.20. The SMILES string of the molecule is CCCCOc1nc2ccccc2nc1[C@H](C#N)C(=O)OCC. The number of aromatic nitrogens is 2. The smallest absolute Gasteiger partial charge is 0.329 e. The topological polar surface area (TPSA) is 85.1 Å². The number of carbonyl (C=O) groups excluding carboxylic acids is 1. The van der Waals surface area contributed by atoms with Gasteiger partial charge in [0.1, 0.15) is 5.69 Å². The minimum atomic E-state index is -1.15. The maximum absolute atomic E-state index is 12.0. The van der Waals surface area contributed by atoms with E-state index in [1.807, 2.05) is 31.2 Å². The Morgan fingerprint density at radius 3 is 2.57 bits per heavy atom. The molecule has 0 fully saturated rings. The van der Waals surface area contributed by atoms with Crippen molar-refractivity contribution < 1.29 is 14.3 Å². The fraction of sp³-hybridized carbons (Fsp3) is 0.412. The fourth-order valence-corrected chi connectivity index (χ4v) is 2.06. The van der Waals surface area contributed by atoms with Gasteiger partial charge in [-0.05, 0) is 25.5 Å². The van der Waals surface area contributed by atoms with Gasteiger partial charge in [-0.15, -0.1) is 0 Å². The maximum atomic E-state index is 12.0. The van der Waals surface area contributed by atoms with Crippen molar-refractivity contribution in [3.63, 3.8) is 0 Å². The van der Waals surface area contributed by atoms with Crippen LogP contribution in [0, 0.1) is 11.3 Å². The largest absolute Gasteiger partial charge is 0.476 e. The molecular weight excluding hydrogens is 294 g/mol. The summed E-state index contributed by atoms with van der Waals surface area (Å²) >= 11 is 0. The summed E-state index contributed by atoms with van der Waals surface area (Å²) in [4.78, 5) is 20.9. The van der Waals surface area contributed by atoms with Crippen molar-refractivity contribution in [3.05, 3.63) is 30.0 Å². The highest BCUT2D eigenvalue weighted by Crippen LogP contribution is 2.27. The van der Waals surface area contributed by atoms with Crippen LogP contribution in [0.2, 0.25) is 0 Å². The first-order valence-corrected chi connectivity index (χ1v) is 7.67. The predicted molar refractivity (Wildman–Crippen MR) is 84.9 cm³/mol. The molecule has 0 spiro atoms. The molecule has 1 aromatic heterocycles. The van der Waals surface area contributed by atoms with Gasteiger partial charge in [0.2, 0.25) is 5.88 Å². The Morgan fingerprint density at radius 1 is 1.26 bits per heavy atom. The molecular formula is C17H19N3O3. The van der Waals surface area contributed by atoms with Gasteiger partial charge in [0, 0.05) is 0 Å². The molecule has 1 aromatic carbocycles. The first-order chi connectivity index (χ1) is 11.2. The van der Waals surface area contributed by atoms with Crippen molar-refractivity contribution in [1.82, 2.24) is 9.97 Å². The second-order valence-corrected chi connectivity index (χ2v) is 4.92. The first kappa shape index (κ1) is 16.7. The Balaban J connectivity index is 2.46. The van der Waals surface area contributed by atoms with E-state index in [1.165, 1.54) is 0 Å². The van der Waals surface area contributed by atoms with E-state index in [4.69, 9.17) is 9.47 Å². The van der Waals surface area contributed by atoms with Gasteiger partial charge >= 0.3 is 5.97 Å². The quantitative estimate of drug-likeness (QED) is 0.577. The summed E-state index contributed by atoms with van der Waals surface area (Å²) in [5, 5.41) is 9.37. The van der Waals surface area contributed by atoms with Gasteiger partial charge in [0.15, 0.2) is 5.92 Å². The van der Waals surface area contributed by atoms with Gasteiger partial charge in [0.25, 0.3) is 0 Å². The number of fused-ring (bicyclic) bond motifs is 1. The number of ether oxygens (including phenoxy) is 2. The average Bonchev–Trinajstić information content (AvgIpc) is 2.56. The zero-order chi connectivity index (χ0) is 16.7. The molecule has 120 valence electrons. The number of benzene rings is 1. The number of para-hydroxylation sites is 2. The molecule has 1 atom stereocenters. The lowest BCUT2D eigenvalue weighted by Crippen LogP contribution is -2.18. The Hall–Kier alpha value is -2.68. The molecule has 0 N–H and O–H groups in total. The molecule has 0 aliphatic carbocycles. The molecule has 1 heterocycles. The van der Waals surface area contributed by atoms with Crippen LogP contribution in [0.5, 0.6) is 5.88 Å². The lowest BCUT2D eigenvalue weighted by Gasteiger charge is -2.13. The molecule has 6 nitrogen and oxygen atoms in total. The van der Waals surface area contributed by atoms with Crippen molar-refractivity contribution in [2.75, 3.05) is 13.2 Å². The molecule has 0 radical (unpaired) electrons. The minimum Gasteiger partial charge on any atom is -0.476 e. The summed E-state index contributed by atoms with van der Waals surface area (Å²) < 4.78 is 10.6. The van der Waals surface area contributed by atoms with Gasteiger partial charge in [-0.25, -0.2) is 9.97 Å². The number of nitriles is 1. The van der Waals surface area contributed by atoms with Gasteiger partial charge in [-0.1, -0.05) is 25.5 Å². The molecule has 0 saturated heterocycles. The van der Waals surface area contributed by atoms with E-state index in [0.717, 1.165) is 12.8 Å². The molecule has 0 bridgehead atoms. The standard InChI is InChI=1S/C17H19N3O3/c1-3-5-10-23-16-15(12(11-18)17(21)22-4-2)19-13-8-6-7-9-14(13)20-16/h6-9,12H,3-5,10H2,1-2H3/t12-/m0/s1. The van der Waals surface area contributed by atoms with Crippen molar-refractivity contribution in [3.8, 4) is 11.9 Å².